The first-order chi connectivity index (χ1) is 8.60. The summed E-state index contributed by atoms with van der Waals surface area (Å²) in [6, 6.07) is 2.93. The van der Waals surface area contributed by atoms with Crippen molar-refractivity contribution in [2.75, 3.05) is 13.7 Å². The highest BCUT2D eigenvalue weighted by atomic mass is 19.2. The van der Waals surface area contributed by atoms with Crippen LogP contribution in [0.5, 0.6) is 5.75 Å². The van der Waals surface area contributed by atoms with E-state index < -0.39 is 17.7 Å². The number of rotatable bonds is 3. The van der Waals surface area contributed by atoms with Crippen LogP contribution in [0.1, 0.15) is 6.42 Å². The minimum Gasteiger partial charge on any atom is -0.489 e. The van der Waals surface area contributed by atoms with E-state index in [0.717, 1.165) is 12.1 Å². The van der Waals surface area contributed by atoms with Gasteiger partial charge < -0.3 is 14.8 Å². The van der Waals surface area contributed by atoms with Gasteiger partial charge in [-0.2, -0.15) is 0 Å². The van der Waals surface area contributed by atoms with Gasteiger partial charge in [-0.3, -0.25) is 4.79 Å². The summed E-state index contributed by atoms with van der Waals surface area (Å²) in [7, 11) is 1.31. The maximum atomic E-state index is 13.0. The molecule has 1 saturated heterocycles. The summed E-state index contributed by atoms with van der Waals surface area (Å²) in [6.07, 6.45) is 0.171. The smallest absolute Gasteiger partial charge is 0.323 e. The maximum absolute atomic E-state index is 13.0. The fraction of sp³-hybridized carbons (Fsp3) is 0.417. The maximum Gasteiger partial charge on any atom is 0.323 e. The molecule has 4 nitrogen and oxygen atoms in total. The van der Waals surface area contributed by atoms with Crippen LogP contribution in [0.2, 0.25) is 0 Å². The van der Waals surface area contributed by atoms with Crippen LogP contribution in [0, 0.1) is 11.6 Å². The number of nitrogens with one attached hydrogen (secondary N) is 1. The Morgan fingerprint density at radius 1 is 1.39 bits per heavy atom. The van der Waals surface area contributed by atoms with Gasteiger partial charge >= 0.3 is 5.97 Å². The van der Waals surface area contributed by atoms with Crippen LogP contribution in [0.4, 0.5) is 8.78 Å². The molecule has 1 aliphatic rings. The number of carbonyl (C=O) groups is 1. The van der Waals surface area contributed by atoms with E-state index in [0.29, 0.717) is 13.0 Å². The molecule has 0 radical (unpaired) electrons. The lowest BCUT2D eigenvalue weighted by molar-refractivity contribution is -0.142. The van der Waals surface area contributed by atoms with E-state index in [1.54, 1.807) is 0 Å². The summed E-state index contributed by atoms with van der Waals surface area (Å²) in [5.41, 5.74) is 0. The lowest BCUT2D eigenvalue weighted by Gasteiger charge is -2.12. The first-order valence-corrected chi connectivity index (χ1v) is 5.53. The molecule has 1 fully saturated rings. The van der Waals surface area contributed by atoms with E-state index in [1.165, 1.54) is 13.2 Å². The number of methoxy groups -OCH3 is 1. The summed E-state index contributed by atoms with van der Waals surface area (Å²) >= 11 is 0. The molecule has 0 aromatic heterocycles. The van der Waals surface area contributed by atoms with Gasteiger partial charge in [0.2, 0.25) is 0 Å². The summed E-state index contributed by atoms with van der Waals surface area (Å²) < 4.78 is 35.7. The molecule has 18 heavy (non-hydrogen) atoms. The number of hydrogen-bond donors (Lipinski definition) is 1. The fourth-order valence-corrected chi connectivity index (χ4v) is 1.86. The Balaban J connectivity index is 1.95. The molecule has 0 amide bonds. The van der Waals surface area contributed by atoms with Gasteiger partial charge in [0.25, 0.3) is 0 Å². The first-order valence-electron chi connectivity index (χ1n) is 5.53. The topological polar surface area (TPSA) is 47.6 Å². The van der Waals surface area contributed by atoms with Crippen molar-refractivity contribution in [2.24, 2.45) is 0 Å². The Hall–Kier alpha value is -1.69. The van der Waals surface area contributed by atoms with E-state index in [4.69, 9.17) is 4.74 Å². The quantitative estimate of drug-likeness (QED) is 0.828. The Labute approximate surface area is 103 Å². The normalized spacial score (nSPS) is 22.8. The van der Waals surface area contributed by atoms with E-state index in [-0.39, 0.29) is 17.8 Å². The zero-order valence-corrected chi connectivity index (χ0v) is 9.78. The summed E-state index contributed by atoms with van der Waals surface area (Å²) in [4.78, 5) is 11.3. The van der Waals surface area contributed by atoms with E-state index in [9.17, 15) is 13.6 Å². The van der Waals surface area contributed by atoms with E-state index in [2.05, 4.69) is 10.1 Å². The molecule has 2 atom stereocenters. The minimum absolute atomic E-state index is 0.242. The molecular formula is C12H13F2NO3. The molecule has 1 N–H and O–H groups in total. The zero-order valence-electron chi connectivity index (χ0n) is 9.78. The molecule has 2 rings (SSSR count). The number of esters is 1. The van der Waals surface area contributed by atoms with E-state index >= 15 is 0 Å². The van der Waals surface area contributed by atoms with Gasteiger partial charge in [-0.15, -0.1) is 0 Å². The van der Waals surface area contributed by atoms with Crippen LogP contribution < -0.4 is 10.1 Å². The number of benzene rings is 1. The second-order valence-corrected chi connectivity index (χ2v) is 4.04. The molecule has 0 saturated carbocycles. The average molecular weight is 257 g/mol. The summed E-state index contributed by atoms with van der Waals surface area (Å²) in [6.45, 7) is 0.457. The van der Waals surface area contributed by atoms with Crippen molar-refractivity contribution in [3.8, 4) is 5.75 Å². The zero-order chi connectivity index (χ0) is 13.1. The fourth-order valence-electron chi connectivity index (χ4n) is 1.86. The highest BCUT2D eigenvalue weighted by Crippen LogP contribution is 2.20. The van der Waals surface area contributed by atoms with Crippen LogP contribution in [0.15, 0.2) is 18.2 Å². The molecule has 0 bridgehead atoms. The van der Waals surface area contributed by atoms with Gasteiger partial charge in [-0.25, -0.2) is 8.78 Å². The molecule has 1 aromatic carbocycles. The van der Waals surface area contributed by atoms with Crippen LogP contribution >= 0.6 is 0 Å². The highest BCUT2D eigenvalue weighted by Gasteiger charge is 2.31. The lowest BCUT2D eigenvalue weighted by Crippen LogP contribution is -2.31. The van der Waals surface area contributed by atoms with Crippen molar-refractivity contribution in [3.05, 3.63) is 29.8 Å². The second-order valence-electron chi connectivity index (χ2n) is 4.04. The van der Waals surface area contributed by atoms with Crippen molar-refractivity contribution in [1.29, 1.82) is 0 Å². The van der Waals surface area contributed by atoms with Crippen molar-refractivity contribution >= 4 is 5.97 Å². The first kappa shape index (κ1) is 12.8. The Bertz CT molecular complexity index is 453. The van der Waals surface area contributed by atoms with Gasteiger partial charge in [-0.05, 0) is 12.1 Å². The molecule has 98 valence electrons. The largest absolute Gasteiger partial charge is 0.489 e. The molecule has 1 aliphatic heterocycles. The van der Waals surface area contributed by atoms with Crippen LogP contribution in [-0.2, 0) is 9.53 Å². The van der Waals surface area contributed by atoms with Gasteiger partial charge in [0.1, 0.15) is 17.9 Å². The van der Waals surface area contributed by atoms with Gasteiger partial charge in [0, 0.05) is 19.0 Å². The minimum atomic E-state index is -0.956. The molecule has 0 aliphatic carbocycles. The predicted molar refractivity (Wildman–Crippen MR) is 59.2 cm³/mol. The second kappa shape index (κ2) is 5.30. The van der Waals surface area contributed by atoms with Crippen LogP contribution in [0.25, 0.3) is 0 Å². The third-order valence-corrected chi connectivity index (χ3v) is 2.77. The molecular weight excluding hydrogens is 244 g/mol. The molecule has 2 unspecified atom stereocenters. The standard InChI is InChI=1S/C12H13F2NO3/c1-17-12(16)11-5-8(6-15-11)18-7-2-3-9(13)10(14)4-7/h2-4,8,11,15H,5-6H2,1H3. The van der Waals surface area contributed by atoms with Crippen molar-refractivity contribution in [3.63, 3.8) is 0 Å². The predicted octanol–water partition coefficient (Wildman–Crippen LogP) is 1.25. The molecule has 1 heterocycles. The molecule has 0 spiro atoms. The third-order valence-electron chi connectivity index (χ3n) is 2.77. The molecule has 6 heteroatoms. The third kappa shape index (κ3) is 2.76. The summed E-state index contributed by atoms with van der Waals surface area (Å²) in [5.74, 6) is -1.99. The van der Waals surface area contributed by atoms with Gasteiger partial charge in [0.05, 0.1) is 7.11 Å². The SMILES string of the molecule is COC(=O)C1CC(Oc2ccc(F)c(F)c2)CN1. The van der Waals surface area contributed by atoms with Crippen LogP contribution in [0.3, 0.4) is 0 Å². The van der Waals surface area contributed by atoms with Crippen molar-refractivity contribution in [2.45, 2.75) is 18.6 Å². The highest BCUT2D eigenvalue weighted by molar-refractivity contribution is 5.76. The lowest BCUT2D eigenvalue weighted by atomic mass is 10.2. The molecule has 1 aromatic rings. The van der Waals surface area contributed by atoms with Crippen molar-refractivity contribution < 1.29 is 23.0 Å². The average Bonchev–Trinajstić information content (AvgIpc) is 2.81. The Kier molecular flexibility index (Phi) is 3.76. The Morgan fingerprint density at radius 3 is 2.83 bits per heavy atom. The van der Waals surface area contributed by atoms with E-state index in [1.807, 2.05) is 0 Å². The number of carbonyl (C=O) groups excluding carboxylic acids is 1. The monoisotopic (exact) mass is 257 g/mol. The Morgan fingerprint density at radius 2 is 2.17 bits per heavy atom. The number of hydrogen-bond acceptors (Lipinski definition) is 4. The van der Waals surface area contributed by atoms with Crippen molar-refractivity contribution in [1.82, 2.24) is 5.32 Å². The van der Waals surface area contributed by atoms with Gasteiger partial charge in [-0.1, -0.05) is 0 Å². The summed E-state index contributed by atoms with van der Waals surface area (Å²) in [5, 5.41) is 2.94. The number of ether oxygens (including phenoxy) is 2. The van der Waals surface area contributed by atoms with Crippen LogP contribution in [-0.4, -0.2) is 31.8 Å². The number of halogens is 2. The van der Waals surface area contributed by atoms with Gasteiger partial charge in [0.15, 0.2) is 11.6 Å².